The van der Waals surface area contributed by atoms with Crippen molar-refractivity contribution in [3.05, 3.63) is 59.8 Å². The van der Waals surface area contributed by atoms with Gasteiger partial charge in [-0.15, -0.1) is 0 Å². The lowest BCUT2D eigenvalue weighted by atomic mass is 10.2. The van der Waals surface area contributed by atoms with Gasteiger partial charge in [0.2, 0.25) is 5.91 Å². The smallest absolute Gasteiger partial charge is 0.420 e. The molecule has 0 radical (unpaired) electrons. The van der Waals surface area contributed by atoms with Crippen LogP contribution >= 0.6 is 11.6 Å². The highest BCUT2D eigenvalue weighted by atomic mass is 35.5. The van der Waals surface area contributed by atoms with E-state index in [0.29, 0.717) is 10.7 Å². The monoisotopic (exact) mass is 421 g/mol. The lowest BCUT2D eigenvalue weighted by molar-refractivity contribution is -0.116. The molecule has 0 saturated heterocycles. The molecule has 0 aliphatic heterocycles. The predicted octanol–water partition coefficient (Wildman–Crippen LogP) is 2.98. The van der Waals surface area contributed by atoms with Crippen LogP contribution in [-0.2, 0) is 26.1 Å². The summed E-state index contributed by atoms with van der Waals surface area (Å²) in [4.78, 5) is 23.3. The number of sulfonamides is 1. The first kappa shape index (κ1) is 19.7. The van der Waals surface area contributed by atoms with Crippen molar-refractivity contribution >= 4 is 50.2 Å². The molecule has 0 atom stereocenters. The number of carbonyl (C=O) groups is 2. The Hall–Kier alpha value is -3.04. The molecule has 2 aromatic carbocycles. The maximum absolute atomic E-state index is 12.3. The molecular formula is C18H16ClN3O5S. The van der Waals surface area contributed by atoms with Gasteiger partial charge in [-0.05, 0) is 47.9 Å². The van der Waals surface area contributed by atoms with Crippen LogP contribution in [0, 0.1) is 0 Å². The summed E-state index contributed by atoms with van der Waals surface area (Å²) in [5.74, 6) is -0.291. The second-order valence-electron chi connectivity index (χ2n) is 5.82. The minimum Gasteiger partial charge on any atom is -0.452 e. The summed E-state index contributed by atoms with van der Waals surface area (Å²) in [6.45, 7) is 0.0633. The van der Waals surface area contributed by atoms with E-state index in [1.54, 1.807) is 27.6 Å². The number of amides is 2. The maximum Gasteiger partial charge on any atom is 0.420 e. The summed E-state index contributed by atoms with van der Waals surface area (Å²) in [5, 5.41) is 4.23. The van der Waals surface area contributed by atoms with Gasteiger partial charge in [0.1, 0.15) is 6.54 Å². The fourth-order valence-electron chi connectivity index (χ4n) is 2.58. The topological polar surface area (TPSA) is 106 Å². The second-order valence-corrected chi connectivity index (χ2v) is 7.94. The number of benzene rings is 2. The summed E-state index contributed by atoms with van der Waals surface area (Å²) < 4.78 is 31.7. The highest BCUT2D eigenvalue weighted by Crippen LogP contribution is 2.21. The molecule has 2 amide bonds. The molecule has 3 aromatic rings. The van der Waals surface area contributed by atoms with Crippen molar-refractivity contribution < 1.29 is 22.7 Å². The Balaban J connectivity index is 1.69. The van der Waals surface area contributed by atoms with Crippen LogP contribution in [0.2, 0.25) is 5.02 Å². The molecule has 8 nitrogen and oxygen atoms in total. The average molecular weight is 422 g/mol. The van der Waals surface area contributed by atoms with Crippen molar-refractivity contribution in [3.8, 4) is 0 Å². The molecule has 3 rings (SSSR count). The average Bonchev–Trinajstić information content (AvgIpc) is 3.03. The van der Waals surface area contributed by atoms with E-state index in [1.807, 2.05) is 12.1 Å². The van der Waals surface area contributed by atoms with Crippen molar-refractivity contribution in [2.24, 2.45) is 0 Å². The summed E-state index contributed by atoms with van der Waals surface area (Å²) in [7, 11) is -2.98. The van der Waals surface area contributed by atoms with E-state index in [4.69, 9.17) is 11.6 Å². The molecule has 146 valence electrons. The zero-order chi connectivity index (χ0) is 20.3. The van der Waals surface area contributed by atoms with Gasteiger partial charge in [-0.25, -0.2) is 17.9 Å². The van der Waals surface area contributed by atoms with Crippen molar-refractivity contribution in [1.82, 2.24) is 9.29 Å². The SMILES string of the molecule is COC(=O)NS(=O)(=O)c1ccc(NC(=O)Cn2ccc3ccc(Cl)cc32)cc1. The number of aromatic nitrogens is 1. The molecule has 0 unspecified atom stereocenters. The fourth-order valence-corrected chi connectivity index (χ4v) is 3.66. The Morgan fingerprint density at radius 1 is 1.11 bits per heavy atom. The van der Waals surface area contributed by atoms with Gasteiger partial charge in [-0.2, -0.15) is 0 Å². The molecule has 28 heavy (non-hydrogen) atoms. The third-order valence-electron chi connectivity index (χ3n) is 3.90. The number of ether oxygens (including phenoxy) is 1. The van der Waals surface area contributed by atoms with E-state index < -0.39 is 16.1 Å². The van der Waals surface area contributed by atoms with E-state index in [-0.39, 0.29) is 17.3 Å². The number of fused-ring (bicyclic) bond motifs is 1. The molecule has 10 heteroatoms. The predicted molar refractivity (Wildman–Crippen MR) is 105 cm³/mol. The summed E-state index contributed by atoms with van der Waals surface area (Å²) in [5.41, 5.74) is 1.24. The minimum atomic E-state index is -4.04. The zero-order valence-electron chi connectivity index (χ0n) is 14.7. The third kappa shape index (κ3) is 4.44. The molecule has 0 bridgehead atoms. The summed E-state index contributed by atoms with van der Waals surface area (Å²) >= 11 is 6.01. The van der Waals surface area contributed by atoms with E-state index in [1.165, 1.54) is 24.3 Å². The number of nitrogens with one attached hydrogen (secondary N) is 2. The van der Waals surface area contributed by atoms with Gasteiger partial charge < -0.3 is 14.6 Å². The lowest BCUT2D eigenvalue weighted by Crippen LogP contribution is -2.30. The molecule has 0 aliphatic carbocycles. The quantitative estimate of drug-likeness (QED) is 0.658. The molecule has 0 fully saturated rings. The van der Waals surface area contributed by atoms with E-state index in [9.17, 15) is 18.0 Å². The van der Waals surface area contributed by atoms with E-state index in [2.05, 4.69) is 10.1 Å². The number of hydrogen-bond donors (Lipinski definition) is 2. The molecule has 2 N–H and O–H groups in total. The van der Waals surface area contributed by atoms with Gasteiger partial charge in [-0.3, -0.25) is 4.79 Å². The largest absolute Gasteiger partial charge is 0.452 e. The fraction of sp³-hybridized carbons (Fsp3) is 0.111. The van der Waals surface area contributed by atoms with Gasteiger partial charge in [0.05, 0.1) is 12.0 Å². The third-order valence-corrected chi connectivity index (χ3v) is 5.46. The van der Waals surface area contributed by atoms with Gasteiger partial charge in [0.15, 0.2) is 0 Å². The van der Waals surface area contributed by atoms with Crippen LogP contribution in [0.15, 0.2) is 59.6 Å². The summed E-state index contributed by atoms with van der Waals surface area (Å²) in [6.07, 6.45) is 0.700. The number of rotatable bonds is 5. The normalized spacial score (nSPS) is 11.2. The first-order chi connectivity index (χ1) is 13.3. The Morgan fingerprint density at radius 3 is 2.50 bits per heavy atom. The van der Waals surface area contributed by atoms with Crippen LogP contribution in [0.25, 0.3) is 10.9 Å². The number of methoxy groups -OCH3 is 1. The van der Waals surface area contributed by atoms with E-state index >= 15 is 0 Å². The van der Waals surface area contributed by atoms with Crippen LogP contribution in [0.5, 0.6) is 0 Å². The van der Waals surface area contributed by atoms with Crippen LogP contribution in [0.4, 0.5) is 10.5 Å². The van der Waals surface area contributed by atoms with Gasteiger partial charge in [0, 0.05) is 22.4 Å². The highest BCUT2D eigenvalue weighted by molar-refractivity contribution is 7.90. The molecule has 0 saturated carbocycles. The van der Waals surface area contributed by atoms with Crippen LogP contribution < -0.4 is 10.0 Å². The number of hydrogen-bond acceptors (Lipinski definition) is 5. The Bertz CT molecular complexity index is 1140. The van der Waals surface area contributed by atoms with Crippen molar-refractivity contribution in [2.75, 3.05) is 12.4 Å². The minimum absolute atomic E-state index is 0.0633. The first-order valence-corrected chi connectivity index (χ1v) is 9.90. The number of halogens is 1. The highest BCUT2D eigenvalue weighted by Gasteiger charge is 2.18. The molecular weight excluding hydrogens is 406 g/mol. The van der Waals surface area contributed by atoms with Crippen LogP contribution in [0.3, 0.4) is 0 Å². The summed E-state index contributed by atoms with van der Waals surface area (Å²) in [6, 6.07) is 12.7. The molecule has 1 heterocycles. The van der Waals surface area contributed by atoms with Crippen molar-refractivity contribution in [2.45, 2.75) is 11.4 Å². The Kier molecular flexibility index (Phi) is 5.57. The molecule has 0 aliphatic rings. The lowest BCUT2D eigenvalue weighted by Gasteiger charge is -2.09. The maximum atomic E-state index is 12.3. The number of carbonyl (C=O) groups excluding carboxylic acids is 2. The van der Waals surface area contributed by atoms with Gasteiger partial charge in [0.25, 0.3) is 10.0 Å². The molecule has 0 spiro atoms. The standard InChI is InChI=1S/C18H16ClN3O5S/c1-27-18(24)21-28(25,26)15-6-4-14(5-7-15)20-17(23)11-22-9-8-12-2-3-13(19)10-16(12)22/h2-10H,11H2,1H3,(H,20,23)(H,21,24). The number of anilines is 1. The first-order valence-electron chi connectivity index (χ1n) is 8.03. The van der Waals surface area contributed by atoms with Crippen LogP contribution in [0.1, 0.15) is 0 Å². The van der Waals surface area contributed by atoms with Crippen LogP contribution in [-0.4, -0.2) is 32.1 Å². The van der Waals surface area contributed by atoms with E-state index in [0.717, 1.165) is 18.0 Å². The van der Waals surface area contributed by atoms with Crippen molar-refractivity contribution in [3.63, 3.8) is 0 Å². The Labute approximate surface area is 166 Å². The molecule has 1 aromatic heterocycles. The Morgan fingerprint density at radius 2 is 1.82 bits per heavy atom. The zero-order valence-corrected chi connectivity index (χ0v) is 16.3. The van der Waals surface area contributed by atoms with Gasteiger partial charge >= 0.3 is 6.09 Å². The second kappa shape index (κ2) is 7.91. The van der Waals surface area contributed by atoms with Gasteiger partial charge in [-0.1, -0.05) is 17.7 Å². The number of nitrogens with zero attached hydrogens (tertiary/aromatic N) is 1. The van der Waals surface area contributed by atoms with Crippen molar-refractivity contribution in [1.29, 1.82) is 0 Å².